The van der Waals surface area contributed by atoms with Crippen LogP contribution < -0.4 is 10.6 Å². The number of aromatic nitrogens is 3. The van der Waals surface area contributed by atoms with Crippen molar-refractivity contribution in [2.75, 3.05) is 11.9 Å². The van der Waals surface area contributed by atoms with E-state index in [4.69, 9.17) is 0 Å². The van der Waals surface area contributed by atoms with Gasteiger partial charge in [0.1, 0.15) is 5.82 Å². The van der Waals surface area contributed by atoms with Gasteiger partial charge in [-0.25, -0.2) is 9.18 Å². The Kier molecular flexibility index (Phi) is 5.36. The summed E-state index contributed by atoms with van der Waals surface area (Å²) < 4.78 is 14.5. The highest BCUT2D eigenvalue weighted by molar-refractivity contribution is 5.88. The van der Waals surface area contributed by atoms with Crippen LogP contribution in [0.15, 0.2) is 60.9 Å². The van der Waals surface area contributed by atoms with Gasteiger partial charge in [-0.15, -0.1) is 0 Å². The molecule has 0 fully saturated rings. The van der Waals surface area contributed by atoms with Crippen LogP contribution in [0.4, 0.5) is 15.0 Å². The number of urea groups is 1. The smallest absolute Gasteiger partial charge is 0.320 e. The molecular weight excluding hydrogens is 321 g/mol. The summed E-state index contributed by atoms with van der Waals surface area (Å²) in [4.78, 5) is 16.1. The average molecular weight is 339 g/mol. The maximum absolute atomic E-state index is 12.8. The number of nitrogens with zero attached hydrogens (tertiary/aromatic N) is 3. The molecule has 0 saturated carbocycles. The summed E-state index contributed by atoms with van der Waals surface area (Å²) in [6.45, 7) is 0.987. The lowest BCUT2D eigenvalue weighted by molar-refractivity contribution is 0.252. The van der Waals surface area contributed by atoms with Crippen molar-refractivity contribution in [1.29, 1.82) is 0 Å². The van der Waals surface area contributed by atoms with Gasteiger partial charge in [-0.1, -0.05) is 18.2 Å². The number of rotatable bonds is 6. The second kappa shape index (κ2) is 8.05. The molecule has 0 aliphatic carbocycles. The highest BCUT2D eigenvalue weighted by Crippen LogP contribution is 2.05. The molecule has 0 unspecified atom stereocenters. The second-order valence-corrected chi connectivity index (χ2v) is 5.48. The summed E-state index contributed by atoms with van der Waals surface area (Å²) >= 11 is 0. The number of carbonyl (C=O) groups is 1. The first kappa shape index (κ1) is 16.6. The third-order valence-electron chi connectivity index (χ3n) is 3.54. The fourth-order valence-corrected chi connectivity index (χ4v) is 2.31. The summed E-state index contributed by atoms with van der Waals surface area (Å²) in [7, 11) is 0. The van der Waals surface area contributed by atoms with E-state index < -0.39 is 0 Å². The Labute approximate surface area is 144 Å². The van der Waals surface area contributed by atoms with Crippen LogP contribution in [0.1, 0.15) is 11.3 Å². The summed E-state index contributed by atoms with van der Waals surface area (Å²) in [5.74, 6) is 0.200. The van der Waals surface area contributed by atoms with Crippen LogP contribution in [0.3, 0.4) is 0 Å². The van der Waals surface area contributed by atoms with E-state index in [0.717, 1.165) is 11.3 Å². The first-order chi connectivity index (χ1) is 12.2. The Balaban J connectivity index is 1.44. The minimum Gasteiger partial charge on any atom is -0.337 e. The van der Waals surface area contributed by atoms with Crippen LogP contribution in [0.25, 0.3) is 0 Å². The molecule has 0 aliphatic rings. The van der Waals surface area contributed by atoms with E-state index in [1.165, 1.54) is 12.1 Å². The van der Waals surface area contributed by atoms with Gasteiger partial charge < -0.3 is 5.32 Å². The van der Waals surface area contributed by atoms with Gasteiger partial charge in [0.25, 0.3) is 0 Å². The zero-order valence-electron chi connectivity index (χ0n) is 13.5. The highest BCUT2D eigenvalue weighted by atomic mass is 19.1. The minimum absolute atomic E-state index is 0.268. The molecule has 0 saturated heterocycles. The van der Waals surface area contributed by atoms with Crippen molar-refractivity contribution < 1.29 is 9.18 Å². The molecule has 3 rings (SSSR count). The maximum Gasteiger partial charge on any atom is 0.320 e. The van der Waals surface area contributed by atoms with E-state index in [0.29, 0.717) is 25.3 Å². The molecule has 6 nitrogen and oxygen atoms in total. The molecule has 7 heteroatoms. The number of amides is 2. The molecule has 2 aromatic heterocycles. The monoisotopic (exact) mass is 339 g/mol. The van der Waals surface area contributed by atoms with Gasteiger partial charge in [0.2, 0.25) is 0 Å². The van der Waals surface area contributed by atoms with Crippen LogP contribution in [-0.4, -0.2) is 27.3 Å². The zero-order valence-corrected chi connectivity index (χ0v) is 13.5. The van der Waals surface area contributed by atoms with Crippen LogP contribution in [0.5, 0.6) is 0 Å². The number of carbonyl (C=O) groups excluding carboxylic acids is 1. The van der Waals surface area contributed by atoms with Crippen LogP contribution >= 0.6 is 0 Å². The number of benzene rings is 1. The minimum atomic E-state index is -0.329. The second-order valence-electron chi connectivity index (χ2n) is 5.48. The lowest BCUT2D eigenvalue weighted by Gasteiger charge is -2.06. The van der Waals surface area contributed by atoms with Crippen LogP contribution in [-0.2, 0) is 13.0 Å². The summed E-state index contributed by atoms with van der Waals surface area (Å²) in [6, 6.07) is 13.3. The summed E-state index contributed by atoms with van der Waals surface area (Å²) in [6.07, 6.45) is 4.14. The Morgan fingerprint density at radius 2 is 1.96 bits per heavy atom. The van der Waals surface area contributed by atoms with E-state index in [1.807, 2.05) is 18.2 Å². The fourth-order valence-electron chi connectivity index (χ4n) is 2.31. The van der Waals surface area contributed by atoms with E-state index in [1.54, 1.807) is 35.3 Å². The Morgan fingerprint density at radius 3 is 2.72 bits per heavy atom. The molecule has 0 atom stereocenters. The first-order valence-corrected chi connectivity index (χ1v) is 7.92. The largest absolute Gasteiger partial charge is 0.337 e. The van der Waals surface area contributed by atoms with Crippen molar-refractivity contribution in [3.05, 3.63) is 78.0 Å². The maximum atomic E-state index is 12.8. The molecule has 1 aromatic carbocycles. The molecule has 3 aromatic rings. The molecule has 0 aliphatic heterocycles. The molecule has 25 heavy (non-hydrogen) atoms. The molecule has 2 heterocycles. The van der Waals surface area contributed by atoms with Crippen molar-refractivity contribution in [2.24, 2.45) is 0 Å². The van der Waals surface area contributed by atoms with Gasteiger partial charge in [0, 0.05) is 25.0 Å². The Hall–Kier alpha value is -3.22. The van der Waals surface area contributed by atoms with Crippen molar-refractivity contribution in [1.82, 2.24) is 20.1 Å². The molecule has 2 N–H and O–H groups in total. The number of anilines is 1. The highest BCUT2D eigenvalue weighted by Gasteiger charge is 2.05. The van der Waals surface area contributed by atoms with Gasteiger partial charge in [0.05, 0.1) is 12.2 Å². The predicted molar refractivity (Wildman–Crippen MR) is 92.7 cm³/mol. The SMILES string of the molecule is O=C(NCCc1ccc(F)cc1)Nc1ccn(Cc2ccccn2)n1. The number of hydrogen-bond donors (Lipinski definition) is 2. The molecule has 128 valence electrons. The fraction of sp³-hybridized carbons (Fsp3) is 0.167. The number of halogens is 1. The molecule has 0 bridgehead atoms. The normalized spacial score (nSPS) is 10.4. The third kappa shape index (κ3) is 5.13. The van der Waals surface area contributed by atoms with Crippen molar-refractivity contribution >= 4 is 11.8 Å². The van der Waals surface area contributed by atoms with Crippen LogP contribution in [0.2, 0.25) is 0 Å². The predicted octanol–water partition coefficient (Wildman–Crippen LogP) is 2.83. The number of nitrogens with one attached hydrogen (secondary N) is 2. The number of hydrogen-bond acceptors (Lipinski definition) is 3. The first-order valence-electron chi connectivity index (χ1n) is 7.92. The molecule has 0 spiro atoms. The Morgan fingerprint density at radius 1 is 1.12 bits per heavy atom. The van der Waals surface area contributed by atoms with Gasteiger partial charge in [-0.3, -0.25) is 15.0 Å². The average Bonchev–Trinajstić information content (AvgIpc) is 3.04. The third-order valence-corrected chi connectivity index (χ3v) is 3.54. The van der Waals surface area contributed by atoms with E-state index in [-0.39, 0.29) is 11.8 Å². The van der Waals surface area contributed by atoms with Crippen molar-refractivity contribution in [3.8, 4) is 0 Å². The topological polar surface area (TPSA) is 71.8 Å². The van der Waals surface area contributed by atoms with E-state index in [2.05, 4.69) is 20.7 Å². The Bertz CT molecular complexity index is 817. The number of pyridine rings is 1. The molecule has 0 radical (unpaired) electrons. The van der Waals surface area contributed by atoms with Gasteiger partial charge >= 0.3 is 6.03 Å². The quantitative estimate of drug-likeness (QED) is 0.725. The lowest BCUT2D eigenvalue weighted by atomic mass is 10.1. The van der Waals surface area contributed by atoms with Gasteiger partial charge in [0.15, 0.2) is 5.82 Å². The summed E-state index contributed by atoms with van der Waals surface area (Å²) in [5.41, 5.74) is 1.85. The van der Waals surface area contributed by atoms with E-state index in [9.17, 15) is 9.18 Å². The van der Waals surface area contributed by atoms with Crippen molar-refractivity contribution in [2.45, 2.75) is 13.0 Å². The lowest BCUT2D eigenvalue weighted by Crippen LogP contribution is -2.30. The van der Waals surface area contributed by atoms with Crippen molar-refractivity contribution in [3.63, 3.8) is 0 Å². The van der Waals surface area contributed by atoms with Gasteiger partial charge in [-0.05, 0) is 36.2 Å². The standard InChI is InChI=1S/C18H18FN5O/c19-15-6-4-14(5-7-15)8-11-21-18(25)22-17-9-12-24(23-17)13-16-3-1-2-10-20-16/h1-7,9-10,12H,8,11,13H2,(H2,21,22,23,25). The molecule has 2 amide bonds. The molecular formula is C18H18FN5O. The van der Waals surface area contributed by atoms with E-state index >= 15 is 0 Å². The van der Waals surface area contributed by atoms with Gasteiger partial charge in [-0.2, -0.15) is 5.10 Å². The summed E-state index contributed by atoms with van der Waals surface area (Å²) in [5, 5.41) is 9.71. The van der Waals surface area contributed by atoms with Crippen LogP contribution in [0, 0.1) is 5.82 Å². The zero-order chi connectivity index (χ0) is 17.5.